The molecule has 4 nitrogen and oxygen atoms in total. The highest BCUT2D eigenvalue weighted by Crippen LogP contribution is 2.56. The summed E-state index contributed by atoms with van der Waals surface area (Å²) in [7, 11) is 3.39. The summed E-state index contributed by atoms with van der Waals surface area (Å²) in [5.41, 5.74) is 4.35. The highest BCUT2D eigenvalue weighted by Gasteiger charge is 2.55. The zero-order valence-electron chi connectivity index (χ0n) is 20.4. The fourth-order valence-corrected chi connectivity index (χ4v) is 5.42. The number of benzene rings is 4. The molecule has 2 aliphatic heterocycles. The molecule has 0 N–H and O–H groups in total. The smallest absolute Gasteiger partial charge is 0.281 e. The molecule has 0 spiro atoms. The van der Waals surface area contributed by atoms with Crippen LogP contribution in [0.4, 0.5) is 0 Å². The lowest BCUT2D eigenvalue weighted by Gasteiger charge is -2.50. The van der Waals surface area contributed by atoms with E-state index in [1.807, 2.05) is 48.5 Å². The molecule has 0 aromatic heterocycles. The molecule has 2 heterocycles. The summed E-state index contributed by atoms with van der Waals surface area (Å²) in [6, 6.07) is 32.7. The van der Waals surface area contributed by atoms with Gasteiger partial charge in [-0.15, -0.1) is 0 Å². The van der Waals surface area contributed by atoms with E-state index in [1.165, 1.54) is 0 Å². The van der Waals surface area contributed by atoms with Gasteiger partial charge in [0.1, 0.15) is 23.0 Å². The molecule has 1 unspecified atom stereocenters. The Kier molecular flexibility index (Phi) is 5.65. The Morgan fingerprint density at radius 2 is 1.39 bits per heavy atom. The number of methoxy groups -OCH3 is 2. The van der Waals surface area contributed by atoms with Gasteiger partial charge in [-0.05, 0) is 53.9 Å². The summed E-state index contributed by atoms with van der Waals surface area (Å²) in [5, 5.41) is 0. The highest BCUT2D eigenvalue weighted by atomic mass is 16.7. The molecule has 0 amide bonds. The first kappa shape index (κ1) is 22.3. The molecule has 4 aromatic carbocycles. The Balaban J connectivity index is 1.55. The van der Waals surface area contributed by atoms with Gasteiger partial charge in [-0.3, -0.25) is 0 Å². The van der Waals surface area contributed by atoms with Gasteiger partial charge in [-0.25, -0.2) is 0 Å². The van der Waals surface area contributed by atoms with Crippen LogP contribution in [0.15, 0.2) is 103 Å². The third kappa shape index (κ3) is 3.79. The zero-order chi connectivity index (χ0) is 24.5. The lowest BCUT2D eigenvalue weighted by molar-refractivity contribution is -0.187. The number of hydrogen-bond acceptors (Lipinski definition) is 4. The van der Waals surface area contributed by atoms with Gasteiger partial charge in [0.15, 0.2) is 0 Å². The Labute approximate surface area is 211 Å². The molecular weight excluding hydrogens is 448 g/mol. The van der Waals surface area contributed by atoms with Crippen LogP contribution in [0, 0.1) is 5.92 Å². The first-order chi connectivity index (χ1) is 17.7. The van der Waals surface area contributed by atoms with E-state index in [-0.39, 0.29) is 11.8 Å². The molecule has 180 valence electrons. The quantitative estimate of drug-likeness (QED) is 0.311. The molecule has 0 saturated heterocycles. The van der Waals surface area contributed by atoms with Crippen LogP contribution < -0.4 is 18.9 Å². The number of hydrogen-bond donors (Lipinski definition) is 0. The van der Waals surface area contributed by atoms with E-state index in [1.54, 1.807) is 14.2 Å². The minimum Gasteiger partial charge on any atom is -0.497 e. The molecule has 0 radical (unpaired) electrons. The number of fused-ring (bicyclic) bond motifs is 3. The standard InChI is InChI=1S/C32H28O4/c1-33-25-14-17-30-23(19-25)20-29-27(16-13-22-9-5-3-6-10-22)28-21-26(34-2)15-18-31(28)36-32(29,35-30)24-11-7-4-8-12-24/h3-19,21,27,29H,20H2,1-2H3/b16-13+/t27?,29-,32+/m1/s1. The van der Waals surface area contributed by atoms with E-state index in [0.29, 0.717) is 0 Å². The predicted octanol–water partition coefficient (Wildman–Crippen LogP) is 7.00. The average Bonchev–Trinajstić information content (AvgIpc) is 2.94. The molecule has 0 fully saturated rings. The maximum atomic E-state index is 6.86. The van der Waals surface area contributed by atoms with E-state index in [4.69, 9.17) is 18.9 Å². The van der Waals surface area contributed by atoms with Crippen molar-refractivity contribution >= 4 is 6.08 Å². The Morgan fingerprint density at radius 1 is 0.750 bits per heavy atom. The van der Waals surface area contributed by atoms with Crippen LogP contribution >= 0.6 is 0 Å². The van der Waals surface area contributed by atoms with Crippen molar-refractivity contribution in [2.45, 2.75) is 18.1 Å². The molecule has 0 bridgehead atoms. The van der Waals surface area contributed by atoms with Gasteiger partial charge in [0.2, 0.25) is 0 Å². The molecule has 6 rings (SSSR count). The van der Waals surface area contributed by atoms with Crippen molar-refractivity contribution < 1.29 is 18.9 Å². The molecule has 4 aromatic rings. The molecular formula is C32H28O4. The van der Waals surface area contributed by atoms with Crippen molar-refractivity contribution in [3.63, 3.8) is 0 Å². The normalized spacial score (nSPS) is 21.9. The lowest BCUT2D eigenvalue weighted by Crippen LogP contribution is -2.53. The van der Waals surface area contributed by atoms with Crippen LogP contribution in [0.25, 0.3) is 6.08 Å². The third-order valence-electron chi connectivity index (χ3n) is 7.20. The molecule has 2 aliphatic rings. The molecule has 36 heavy (non-hydrogen) atoms. The number of allylic oxidation sites excluding steroid dienone is 1. The van der Waals surface area contributed by atoms with Crippen LogP contribution in [-0.2, 0) is 12.2 Å². The predicted molar refractivity (Wildman–Crippen MR) is 141 cm³/mol. The van der Waals surface area contributed by atoms with Crippen molar-refractivity contribution in [3.8, 4) is 23.0 Å². The number of ether oxygens (including phenoxy) is 4. The summed E-state index contributed by atoms with van der Waals surface area (Å²) in [6.45, 7) is 0. The van der Waals surface area contributed by atoms with Gasteiger partial charge >= 0.3 is 0 Å². The summed E-state index contributed by atoms with van der Waals surface area (Å²) < 4.78 is 24.8. The lowest BCUT2D eigenvalue weighted by atomic mass is 9.71. The second-order valence-electron chi connectivity index (χ2n) is 9.22. The topological polar surface area (TPSA) is 36.9 Å². The van der Waals surface area contributed by atoms with Gasteiger partial charge in [0, 0.05) is 17.0 Å². The van der Waals surface area contributed by atoms with Gasteiger partial charge in [0.05, 0.1) is 20.1 Å². The SMILES string of the molecule is COc1ccc2c(c1)C[C@@H]1C(/C=C/c3ccccc3)c3cc(OC)ccc3O[C@]1(c1ccccc1)O2. The minimum atomic E-state index is -0.976. The van der Waals surface area contributed by atoms with E-state index >= 15 is 0 Å². The Bertz CT molecular complexity index is 1400. The minimum absolute atomic E-state index is 0.0172. The van der Waals surface area contributed by atoms with Crippen molar-refractivity contribution in [2.75, 3.05) is 14.2 Å². The van der Waals surface area contributed by atoms with E-state index < -0.39 is 5.79 Å². The number of rotatable bonds is 5. The van der Waals surface area contributed by atoms with E-state index in [9.17, 15) is 0 Å². The Hall–Kier alpha value is -4.18. The van der Waals surface area contributed by atoms with E-state index in [2.05, 4.69) is 60.7 Å². The van der Waals surface area contributed by atoms with Gasteiger partial charge < -0.3 is 18.9 Å². The van der Waals surface area contributed by atoms with Gasteiger partial charge in [-0.2, -0.15) is 0 Å². The Morgan fingerprint density at radius 3 is 2.11 bits per heavy atom. The molecule has 0 aliphatic carbocycles. The van der Waals surface area contributed by atoms with Crippen LogP contribution in [0.1, 0.15) is 28.2 Å². The zero-order valence-corrected chi connectivity index (χ0v) is 20.4. The van der Waals surface area contributed by atoms with Crippen molar-refractivity contribution in [1.29, 1.82) is 0 Å². The monoisotopic (exact) mass is 476 g/mol. The van der Waals surface area contributed by atoms with Crippen molar-refractivity contribution in [3.05, 3.63) is 125 Å². The summed E-state index contributed by atoms with van der Waals surface area (Å²) in [5.74, 6) is 2.26. The van der Waals surface area contributed by atoms with Crippen LogP contribution in [-0.4, -0.2) is 14.2 Å². The van der Waals surface area contributed by atoms with Crippen LogP contribution in [0.2, 0.25) is 0 Å². The summed E-state index contributed by atoms with van der Waals surface area (Å²) >= 11 is 0. The van der Waals surface area contributed by atoms with Crippen LogP contribution in [0.3, 0.4) is 0 Å². The summed E-state index contributed by atoms with van der Waals surface area (Å²) in [6.07, 6.45) is 5.24. The average molecular weight is 477 g/mol. The molecule has 0 saturated carbocycles. The van der Waals surface area contributed by atoms with Crippen LogP contribution in [0.5, 0.6) is 23.0 Å². The molecule has 3 atom stereocenters. The van der Waals surface area contributed by atoms with E-state index in [0.717, 1.165) is 51.7 Å². The summed E-state index contributed by atoms with van der Waals surface area (Å²) in [4.78, 5) is 0. The maximum absolute atomic E-state index is 6.86. The van der Waals surface area contributed by atoms with Crippen molar-refractivity contribution in [1.82, 2.24) is 0 Å². The fraction of sp³-hybridized carbons (Fsp3) is 0.188. The molecule has 4 heteroatoms. The third-order valence-corrected chi connectivity index (χ3v) is 7.20. The van der Waals surface area contributed by atoms with Gasteiger partial charge in [0.25, 0.3) is 5.79 Å². The van der Waals surface area contributed by atoms with Gasteiger partial charge in [-0.1, -0.05) is 72.8 Å². The second-order valence-corrected chi connectivity index (χ2v) is 9.22. The first-order valence-corrected chi connectivity index (χ1v) is 12.2. The maximum Gasteiger partial charge on any atom is 0.281 e. The fourth-order valence-electron chi connectivity index (χ4n) is 5.42. The first-order valence-electron chi connectivity index (χ1n) is 12.2. The highest BCUT2D eigenvalue weighted by molar-refractivity contribution is 5.56. The largest absolute Gasteiger partial charge is 0.497 e. The van der Waals surface area contributed by atoms with Crippen molar-refractivity contribution in [2.24, 2.45) is 5.92 Å². The second kappa shape index (κ2) is 9.12.